The zero-order chi connectivity index (χ0) is 36.5. The predicted molar refractivity (Wildman–Crippen MR) is 204 cm³/mol. The van der Waals surface area contributed by atoms with Crippen LogP contribution in [-0.2, 0) is 0 Å². The first-order valence-corrected chi connectivity index (χ1v) is 16.6. The summed E-state index contributed by atoms with van der Waals surface area (Å²) in [5.41, 5.74) is 11.1. The van der Waals surface area contributed by atoms with Crippen molar-refractivity contribution >= 4 is 21.8 Å². The van der Waals surface area contributed by atoms with Gasteiger partial charge in [0.15, 0.2) is 0 Å². The fourth-order valence-electron chi connectivity index (χ4n) is 6.97. The van der Waals surface area contributed by atoms with E-state index in [-0.39, 0.29) is 0 Å². The molecule has 0 unspecified atom stereocenters. The van der Waals surface area contributed by atoms with E-state index >= 15 is 0 Å². The van der Waals surface area contributed by atoms with Crippen LogP contribution in [0.1, 0.15) is 27.8 Å². The van der Waals surface area contributed by atoms with Gasteiger partial charge in [-0.15, -0.1) is 0 Å². The molecule has 6 aromatic carbocycles. The zero-order valence-electron chi connectivity index (χ0n) is 27.9. The van der Waals surface area contributed by atoms with Crippen molar-refractivity contribution in [2.24, 2.45) is 0 Å². The number of hydrogen-bond acceptors (Lipinski definition) is 6. The Morgan fingerprint density at radius 2 is 0.887 bits per heavy atom. The van der Waals surface area contributed by atoms with Crippen LogP contribution in [0.4, 0.5) is 0 Å². The van der Waals surface area contributed by atoms with E-state index < -0.39 is 0 Å². The summed E-state index contributed by atoms with van der Waals surface area (Å²) in [6.45, 7) is 0. The van der Waals surface area contributed by atoms with Gasteiger partial charge in [-0.1, -0.05) is 54.6 Å². The minimum absolute atomic E-state index is 0.390. The van der Waals surface area contributed by atoms with Gasteiger partial charge in [-0.05, 0) is 106 Å². The van der Waals surface area contributed by atoms with Gasteiger partial charge in [-0.25, -0.2) is 0 Å². The summed E-state index contributed by atoms with van der Waals surface area (Å²) in [4.78, 5) is 4.20. The molecule has 8 aromatic rings. The average molecular weight is 674 g/mol. The van der Waals surface area contributed by atoms with Crippen molar-refractivity contribution < 1.29 is 0 Å². The maximum absolute atomic E-state index is 10.4. The van der Waals surface area contributed by atoms with E-state index in [0.717, 1.165) is 72.0 Å². The second kappa shape index (κ2) is 13.2. The molecular weight excluding hydrogens is 651 g/mol. The lowest BCUT2D eigenvalue weighted by Gasteiger charge is -2.18. The fourth-order valence-corrected chi connectivity index (χ4v) is 6.97. The van der Waals surface area contributed by atoms with Crippen LogP contribution in [0.3, 0.4) is 0 Å². The Balaban J connectivity index is 1.51. The topological polar surface area (TPSA) is 137 Å². The number of hydrogen-bond donors (Lipinski definition) is 0. The Labute approximate surface area is 305 Å². The molecule has 0 amide bonds. The molecule has 53 heavy (non-hydrogen) atoms. The van der Waals surface area contributed by atoms with Crippen molar-refractivity contribution in [3.05, 3.63) is 168 Å². The van der Waals surface area contributed by atoms with Crippen LogP contribution < -0.4 is 0 Å². The molecule has 242 valence electrons. The van der Waals surface area contributed by atoms with Crippen molar-refractivity contribution in [3.8, 4) is 80.5 Å². The van der Waals surface area contributed by atoms with Crippen LogP contribution in [0, 0.1) is 56.7 Å². The number of pyridine rings is 1. The Morgan fingerprint density at radius 3 is 1.36 bits per heavy atom. The smallest absolute Gasteiger partial charge is 0.0998 e. The van der Waals surface area contributed by atoms with Crippen molar-refractivity contribution in [3.63, 3.8) is 0 Å². The summed E-state index contributed by atoms with van der Waals surface area (Å²) < 4.78 is 2.19. The third-order valence-electron chi connectivity index (χ3n) is 9.39. The summed E-state index contributed by atoms with van der Waals surface area (Å²) in [6.07, 6.45) is 3.41. The number of aromatic nitrogens is 2. The third-order valence-corrected chi connectivity index (χ3v) is 9.39. The molecular formula is C46H23N7. The second-order valence-electron chi connectivity index (χ2n) is 12.5. The number of rotatable bonds is 5. The van der Waals surface area contributed by atoms with Gasteiger partial charge in [0.05, 0.1) is 74.9 Å². The summed E-state index contributed by atoms with van der Waals surface area (Å²) in [6, 6.07) is 51.3. The molecule has 0 atom stereocenters. The largest absolute Gasteiger partial charge is 0.309 e. The van der Waals surface area contributed by atoms with Crippen LogP contribution in [0.15, 0.2) is 140 Å². The molecule has 2 aromatic heterocycles. The first kappa shape index (κ1) is 32.0. The van der Waals surface area contributed by atoms with E-state index in [1.165, 1.54) is 0 Å². The van der Waals surface area contributed by atoms with E-state index in [1.807, 2.05) is 78.9 Å². The molecule has 0 radical (unpaired) electrons. The molecule has 0 bridgehead atoms. The second-order valence-corrected chi connectivity index (χ2v) is 12.5. The van der Waals surface area contributed by atoms with Crippen LogP contribution >= 0.6 is 0 Å². The SMILES string of the molecule is N#Cc1cc(C#N)cc(-c2ccc3c4ccc(-c5cc(C#N)cc(C#N)c5)cc4n(-c4cc(-c5ccncc5)c(C#N)cc4-c4ccccc4)c3c2)c1. The Bertz CT molecular complexity index is 2800. The van der Waals surface area contributed by atoms with E-state index in [1.54, 1.807) is 48.8 Å². The first-order chi connectivity index (χ1) is 26.0. The molecule has 0 fully saturated rings. The van der Waals surface area contributed by atoms with Crippen LogP contribution in [0.25, 0.3) is 72.0 Å². The lowest BCUT2D eigenvalue weighted by Crippen LogP contribution is -2.00. The predicted octanol–water partition coefficient (Wildman–Crippen LogP) is 10.2. The zero-order valence-corrected chi connectivity index (χ0v) is 27.9. The van der Waals surface area contributed by atoms with Crippen LogP contribution in [0.5, 0.6) is 0 Å². The van der Waals surface area contributed by atoms with Gasteiger partial charge in [0.1, 0.15) is 0 Å². The highest BCUT2D eigenvalue weighted by Crippen LogP contribution is 2.42. The highest BCUT2D eigenvalue weighted by Gasteiger charge is 2.21. The monoisotopic (exact) mass is 673 g/mol. The van der Waals surface area contributed by atoms with Gasteiger partial charge in [-0.3, -0.25) is 4.98 Å². The quantitative estimate of drug-likeness (QED) is 0.178. The van der Waals surface area contributed by atoms with Gasteiger partial charge < -0.3 is 4.57 Å². The molecule has 0 aliphatic rings. The molecule has 0 spiro atoms. The minimum Gasteiger partial charge on any atom is -0.309 e. The third kappa shape index (κ3) is 5.68. The number of nitriles is 5. The molecule has 0 N–H and O–H groups in total. The Hall–Kier alpha value is -8.28. The van der Waals surface area contributed by atoms with Crippen LogP contribution in [-0.4, -0.2) is 9.55 Å². The van der Waals surface area contributed by atoms with E-state index in [0.29, 0.717) is 27.8 Å². The normalized spacial score (nSPS) is 10.5. The van der Waals surface area contributed by atoms with Crippen molar-refractivity contribution in [2.75, 3.05) is 0 Å². The highest BCUT2D eigenvalue weighted by molar-refractivity contribution is 6.12. The summed E-state index contributed by atoms with van der Waals surface area (Å²) >= 11 is 0. The fraction of sp³-hybridized carbons (Fsp3) is 0. The molecule has 0 saturated heterocycles. The van der Waals surface area contributed by atoms with E-state index in [2.05, 4.69) is 52.0 Å². The summed E-state index contributed by atoms with van der Waals surface area (Å²) in [5, 5.41) is 51.4. The lowest BCUT2D eigenvalue weighted by molar-refractivity contribution is 1.18. The number of benzene rings is 6. The van der Waals surface area contributed by atoms with E-state index in [9.17, 15) is 26.3 Å². The van der Waals surface area contributed by atoms with Crippen molar-refractivity contribution in [2.45, 2.75) is 0 Å². The Kier molecular flexibility index (Phi) is 7.96. The van der Waals surface area contributed by atoms with Gasteiger partial charge >= 0.3 is 0 Å². The minimum atomic E-state index is 0.390. The standard InChI is InChI=1S/C46H23N7/c47-24-29-14-30(25-48)17-37(16-29)35-6-8-40-41-9-7-36(38-18-31(26-49)15-32(19-38)27-50)22-45(41)53(44(40)21-35)46-23-42(34-10-12-52-13-11-34)39(28-51)20-43(46)33-4-2-1-3-5-33/h1-23H. The number of nitrogens with zero attached hydrogens (tertiary/aromatic N) is 7. The van der Waals surface area contributed by atoms with E-state index in [4.69, 9.17) is 0 Å². The molecule has 0 saturated carbocycles. The molecule has 8 rings (SSSR count). The molecule has 2 heterocycles. The summed E-state index contributed by atoms with van der Waals surface area (Å²) in [7, 11) is 0. The first-order valence-electron chi connectivity index (χ1n) is 16.6. The maximum Gasteiger partial charge on any atom is 0.0998 e. The van der Waals surface area contributed by atoms with Gasteiger partial charge in [-0.2, -0.15) is 26.3 Å². The van der Waals surface area contributed by atoms with Gasteiger partial charge in [0.2, 0.25) is 0 Å². The highest BCUT2D eigenvalue weighted by atomic mass is 15.0. The molecule has 0 aliphatic carbocycles. The molecule has 7 heteroatoms. The molecule has 0 aliphatic heterocycles. The van der Waals surface area contributed by atoms with Crippen molar-refractivity contribution in [1.29, 1.82) is 26.3 Å². The average Bonchev–Trinajstić information content (AvgIpc) is 3.56. The van der Waals surface area contributed by atoms with Gasteiger partial charge in [0.25, 0.3) is 0 Å². The maximum atomic E-state index is 10.4. The lowest BCUT2D eigenvalue weighted by atomic mass is 9.93. The van der Waals surface area contributed by atoms with Gasteiger partial charge in [0, 0.05) is 34.3 Å². The van der Waals surface area contributed by atoms with Crippen LogP contribution in [0.2, 0.25) is 0 Å². The number of fused-ring (bicyclic) bond motifs is 3. The summed E-state index contributed by atoms with van der Waals surface area (Å²) in [5.74, 6) is 0. The molecule has 7 nitrogen and oxygen atoms in total. The van der Waals surface area contributed by atoms with Crippen molar-refractivity contribution in [1.82, 2.24) is 9.55 Å². The Morgan fingerprint density at radius 1 is 0.396 bits per heavy atom.